The third-order valence-corrected chi connectivity index (χ3v) is 5.94. The van der Waals surface area contributed by atoms with Gasteiger partial charge in [-0.1, -0.05) is 0 Å². The minimum absolute atomic E-state index is 0. The number of nitrogens with zero attached hydrogens (tertiary/aromatic N) is 2. The van der Waals surface area contributed by atoms with Crippen LogP contribution < -0.4 is 10.6 Å². The predicted molar refractivity (Wildman–Crippen MR) is 110 cm³/mol. The molecule has 2 atom stereocenters. The van der Waals surface area contributed by atoms with E-state index in [2.05, 4.69) is 42.6 Å². The number of rotatable bonds is 5. The van der Waals surface area contributed by atoms with Crippen LogP contribution in [0.4, 0.5) is 0 Å². The van der Waals surface area contributed by atoms with Gasteiger partial charge in [0, 0.05) is 22.7 Å². The molecule has 0 spiro atoms. The minimum atomic E-state index is 0. The van der Waals surface area contributed by atoms with Crippen molar-refractivity contribution >= 4 is 53.0 Å². The Bertz CT molecular complexity index is 490. The number of nitrogens with one attached hydrogen (secondary N) is 2. The van der Waals surface area contributed by atoms with E-state index >= 15 is 0 Å². The Morgan fingerprint density at radius 2 is 2.18 bits per heavy atom. The SMILES string of the molecule is CCNC(=NCc1sc(C)nc1C)NC1CCC(SC)C1.I. The second-order valence-corrected chi connectivity index (χ2v) is 7.87. The van der Waals surface area contributed by atoms with Gasteiger partial charge < -0.3 is 10.6 Å². The first-order chi connectivity index (χ1) is 10.1. The fraction of sp³-hybridized carbons (Fsp3) is 0.733. The lowest BCUT2D eigenvalue weighted by Crippen LogP contribution is -2.42. The summed E-state index contributed by atoms with van der Waals surface area (Å²) in [5.41, 5.74) is 1.11. The van der Waals surface area contributed by atoms with Crippen molar-refractivity contribution in [2.75, 3.05) is 12.8 Å². The van der Waals surface area contributed by atoms with Crippen LogP contribution >= 0.6 is 47.1 Å². The number of aryl methyl sites for hydroxylation is 2. The van der Waals surface area contributed by atoms with Crippen molar-refractivity contribution in [2.45, 2.75) is 57.9 Å². The molecule has 2 rings (SSSR count). The van der Waals surface area contributed by atoms with E-state index in [0.29, 0.717) is 12.6 Å². The van der Waals surface area contributed by atoms with Gasteiger partial charge in [0.2, 0.25) is 0 Å². The summed E-state index contributed by atoms with van der Waals surface area (Å²) in [6.07, 6.45) is 6.01. The Hall–Kier alpha value is -0.0200. The number of thioether (sulfide) groups is 1. The highest BCUT2D eigenvalue weighted by Gasteiger charge is 2.24. The van der Waals surface area contributed by atoms with Crippen molar-refractivity contribution in [3.63, 3.8) is 0 Å². The molecule has 0 radical (unpaired) electrons. The molecule has 7 heteroatoms. The highest BCUT2D eigenvalue weighted by Crippen LogP contribution is 2.28. The van der Waals surface area contributed by atoms with Gasteiger partial charge in [-0.2, -0.15) is 11.8 Å². The first-order valence-electron chi connectivity index (χ1n) is 7.63. The monoisotopic (exact) mass is 454 g/mol. The maximum atomic E-state index is 4.73. The number of halogens is 1. The van der Waals surface area contributed by atoms with Gasteiger partial charge in [0.15, 0.2) is 5.96 Å². The first kappa shape index (κ1) is 20.0. The first-order valence-corrected chi connectivity index (χ1v) is 9.73. The fourth-order valence-electron chi connectivity index (χ4n) is 2.67. The van der Waals surface area contributed by atoms with Crippen molar-refractivity contribution in [3.05, 3.63) is 15.6 Å². The average molecular weight is 454 g/mol. The van der Waals surface area contributed by atoms with Crippen molar-refractivity contribution in [1.82, 2.24) is 15.6 Å². The molecular weight excluding hydrogens is 427 g/mol. The van der Waals surface area contributed by atoms with Crippen LogP contribution in [0.15, 0.2) is 4.99 Å². The number of guanidine groups is 1. The molecular formula is C15H27IN4S2. The Morgan fingerprint density at radius 3 is 2.73 bits per heavy atom. The van der Waals surface area contributed by atoms with Crippen LogP contribution in [0.5, 0.6) is 0 Å². The largest absolute Gasteiger partial charge is 0.357 e. The zero-order valence-corrected chi connectivity index (χ0v) is 17.8. The number of hydrogen-bond donors (Lipinski definition) is 2. The van der Waals surface area contributed by atoms with Gasteiger partial charge in [-0.15, -0.1) is 35.3 Å². The summed E-state index contributed by atoms with van der Waals surface area (Å²) in [5.74, 6) is 0.940. The summed E-state index contributed by atoms with van der Waals surface area (Å²) >= 11 is 3.73. The van der Waals surface area contributed by atoms with Gasteiger partial charge in [-0.25, -0.2) is 9.98 Å². The molecule has 0 amide bonds. The van der Waals surface area contributed by atoms with E-state index in [1.807, 2.05) is 11.8 Å². The molecule has 2 unspecified atom stereocenters. The van der Waals surface area contributed by atoms with Crippen molar-refractivity contribution < 1.29 is 0 Å². The van der Waals surface area contributed by atoms with E-state index in [-0.39, 0.29) is 24.0 Å². The Morgan fingerprint density at radius 1 is 1.41 bits per heavy atom. The van der Waals surface area contributed by atoms with Gasteiger partial charge in [-0.05, 0) is 46.3 Å². The van der Waals surface area contributed by atoms with Gasteiger partial charge in [0.05, 0.1) is 17.2 Å². The summed E-state index contributed by atoms with van der Waals surface area (Å²) < 4.78 is 0. The van der Waals surface area contributed by atoms with Gasteiger partial charge in [0.25, 0.3) is 0 Å². The van der Waals surface area contributed by atoms with Crippen LogP contribution in [-0.4, -0.2) is 35.0 Å². The topological polar surface area (TPSA) is 49.3 Å². The summed E-state index contributed by atoms with van der Waals surface area (Å²) in [5, 5.41) is 8.86. The molecule has 1 aromatic rings. The van der Waals surface area contributed by atoms with Crippen LogP contribution in [0.25, 0.3) is 0 Å². The molecule has 22 heavy (non-hydrogen) atoms. The quantitative estimate of drug-likeness (QED) is 0.405. The third kappa shape index (κ3) is 5.88. The number of aliphatic imine (C=N–C) groups is 1. The minimum Gasteiger partial charge on any atom is -0.357 e. The van der Waals surface area contributed by atoms with E-state index in [9.17, 15) is 0 Å². The van der Waals surface area contributed by atoms with E-state index in [0.717, 1.165) is 28.5 Å². The summed E-state index contributed by atoms with van der Waals surface area (Å²) in [6.45, 7) is 7.83. The normalized spacial score (nSPS) is 21.5. The van der Waals surface area contributed by atoms with Crippen molar-refractivity contribution in [1.29, 1.82) is 0 Å². The molecule has 0 aromatic carbocycles. The fourth-order valence-corrected chi connectivity index (χ4v) is 4.33. The molecule has 4 nitrogen and oxygen atoms in total. The molecule has 0 aliphatic heterocycles. The van der Waals surface area contributed by atoms with Crippen molar-refractivity contribution in [2.24, 2.45) is 4.99 Å². The molecule has 126 valence electrons. The van der Waals surface area contributed by atoms with Gasteiger partial charge in [0.1, 0.15) is 0 Å². The lowest BCUT2D eigenvalue weighted by atomic mass is 10.2. The van der Waals surface area contributed by atoms with E-state index in [1.54, 1.807) is 11.3 Å². The summed E-state index contributed by atoms with van der Waals surface area (Å²) in [6, 6.07) is 0.560. The highest BCUT2D eigenvalue weighted by molar-refractivity contribution is 14.0. The Balaban J connectivity index is 0.00000242. The van der Waals surface area contributed by atoms with Gasteiger partial charge in [-0.3, -0.25) is 0 Å². The van der Waals surface area contributed by atoms with Crippen LogP contribution in [0.1, 0.15) is 41.8 Å². The summed E-state index contributed by atoms with van der Waals surface area (Å²) in [4.78, 5) is 10.5. The van der Waals surface area contributed by atoms with Gasteiger partial charge >= 0.3 is 0 Å². The second kappa shape index (κ2) is 9.97. The van der Waals surface area contributed by atoms with Crippen LogP contribution in [0.2, 0.25) is 0 Å². The average Bonchev–Trinajstić information content (AvgIpc) is 3.02. The maximum absolute atomic E-state index is 4.73. The molecule has 1 aliphatic rings. The molecule has 2 N–H and O–H groups in total. The van der Waals surface area contributed by atoms with E-state index in [4.69, 9.17) is 4.99 Å². The molecule has 1 saturated carbocycles. The lowest BCUT2D eigenvalue weighted by Gasteiger charge is -2.17. The molecule has 1 aromatic heterocycles. The molecule has 0 bridgehead atoms. The molecule has 0 saturated heterocycles. The highest BCUT2D eigenvalue weighted by atomic mass is 127. The number of thiazole rings is 1. The molecule has 1 heterocycles. The van der Waals surface area contributed by atoms with E-state index in [1.165, 1.54) is 24.1 Å². The predicted octanol–water partition coefficient (Wildman–Crippen LogP) is 3.72. The maximum Gasteiger partial charge on any atom is 0.191 e. The smallest absolute Gasteiger partial charge is 0.191 e. The van der Waals surface area contributed by atoms with Crippen LogP contribution in [-0.2, 0) is 6.54 Å². The van der Waals surface area contributed by atoms with Crippen LogP contribution in [0, 0.1) is 13.8 Å². The van der Waals surface area contributed by atoms with Crippen molar-refractivity contribution in [3.8, 4) is 0 Å². The zero-order chi connectivity index (χ0) is 15.2. The molecule has 1 fully saturated rings. The number of hydrogen-bond acceptors (Lipinski definition) is 4. The zero-order valence-electron chi connectivity index (χ0n) is 13.8. The Labute approximate surface area is 159 Å². The Kier molecular flexibility index (Phi) is 9.08. The molecule has 1 aliphatic carbocycles. The van der Waals surface area contributed by atoms with Crippen LogP contribution in [0.3, 0.4) is 0 Å². The standard InChI is InChI=1S/C15H26N4S2.HI/c1-5-16-15(19-12-6-7-13(8-12)20-4)17-9-14-10(2)18-11(3)21-14;/h12-13H,5-9H2,1-4H3,(H2,16,17,19);1H. The third-order valence-electron chi connectivity index (χ3n) is 3.78. The second-order valence-electron chi connectivity index (χ2n) is 5.45. The lowest BCUT2D eigenvalue weighted by molar-refractivity contribution is 0.615. The summed E-state index contributed by atoms with van der Waals surface area (Å²) in [7, 11) is 0. The number of aromatic nitrogens is 1. The van der Waals surface area contributed by atoms with E-state index < -0.39 is 0 Å².